The fourth-order valence-electron chi connectivity index (χ4n) is 1.95. The molecule has 0 aliphatic rings. The summed E-state index contributed by atoms with van der Waals surface area (Å²) >= 11 is 6.16. The van der Waals surface area contributed by atoms with Crippen LogP contribution in [0.2, 0.25) is 5.15 Å². The first kappa shape index (κ1) is 11.9. The van der Waals surface area contributed by atoms with Crippen molar-refractivity contribution in [2.75, 3.05) is 0 Å². The van der Waals surface area contributed by atoms with Crippen molar-refractivity contribution in [3.8, 4) is 0 Å². The summed E-state index contributed by atoms with van der Waals surface area (Å²) in [4.78, 5) is 19.6. The van der Waals surface area contributed by atoms with E-state index in [9.17, 15) is 4.79 Å². The Labute approximate surface area is 113 Å². The third kappa shape index (κ3) is 1.91. The number of rotatable bonds is 2. The number of nitrogens with zero attached hydrogens (tertiary/aromatic N) is 6. The number of aryl methyl sites for hydroxylation is 2. The van der Waals surface area contributed by atoms with Crippen LogP contribution in [0.1, 0.15) is 5.56 Å². The van der Waals surface area contributed by atoms with E-state index in [2.05, 4.69) is 15.1 Å². The van der Waals surface area contributed by atoms with E-state index in [4.69, 9.17) is 11.6 Å². The quantitative estimate of drug-likeness (QED) is 0.643. The number of fused-ring (bicyclic) bond motifs is 1. The smallest absolute Gasteiger partial charge is 0.273 e. The summed E-state index contributed by atoms with van der Waals surface area (Å²) in [6.07, 6.45) is 3.18. The number of hydrogen-bond donors (Lipinski definition) is 0. The average Bonchev–Trinajstić information content (AvgIpc) is 2.88. The van der Waals surface area contributed by atoms with E-state index in [0.717, 1.165) is 10.9 Å². The molecule has 7 nitrogen and oxygen atoms in total. The highest BCUT2D eigenvalue weighted by atomic mass is 35.5. The van der Waals surface area contributed by atoms with Crippen molar-refractivity contribution in [3.05, 3.63) is 39.8 Å². The van der Waals surface area contributed by atoms with Crippen molar-refractivity contribution in [3.63, 3.8) is 0 Å². The summed E-state index contributed by atoms with van der Waals surface area (Å²) in [5.74, 6) is 0. The molecule has 3 aromatic heterocycles. The molecule has 3 heterocycles. The highest BCUT2D eigenvalue weighted by Crippen LogP contribution is 2.20. The molecule has 0 amide bonds. The van der Waals surface area contributed by atoms with Gasteiger partial charge in [0, 0.05) is 25.0 Å². The van der Waals surface area contributed by atoms with E-state index >= 15 is 0 Å². The molecule has 0 spiro atoms. The maximum Gasteiger partial charge on any atom is 0.364 e. The van der Waals surface area contributed by atoms with Crippen molar-refractivity contribution < 1.29 is 0 Å². The summed E-state index contributed by atoms with van der Waals surface area (Å²) in [6, 6.07) is 1.89. The van der Waals surface area contributed by atoms with Crippen LogP contribution in [0, 0.1) is 0 Å². The number of halogens is 1. The Morgan fingerprint density at radius 2 is 2.16 bits per heavy atom. The fourth-order valence-corrected chi connectivity index (χ4v) is 2.14. The lowest BCUT2D eigenvalue weighted by Crippen LogP contribution is -2.23. The molecule has 98 valence electrons. The Hall–Kier alpha value is -2.15. The first-order valence-corrected chi connectivity index (χ1v) is 5.99. The van der Waals surface area contributed by atoms with E-state index in [0.29, 0.717) is 17.3 Å². The standard InChI is InChI=1S/C11H11ClN6O/c1-16-6-13-11(19)18(16)5-8-3-7-4-14-17(2)10(7)15-9(8)12/h3-4,6H,5H2,1-2H3. The molecule has 3 rings (SSSR count). The normalized spacial score (nSPS) is 11.3. The second-order valence-corrected chi connectivity index (χ2v) is 4.64. The summed E-state index contributed by atoms with van der Waals surface area (Å²) in [7, 11) is 3.55. The Balaban J connectivity index is 2.10. The minimum absolute atomic E-state index is 0.315. The minimum atomic E-state index is -0.315. The molecule has 0 fully saturated rings. The van der Waals surface area contributed by atoms with Crippen LogP contribution in [0.15, 0.2) is 23.4 Å². The molecule has 0 N–H and O–H groups in total. The van der Waals surface area contributed by atoms with Crippen molar-refractivity contribution >= 4 is 22.6 Å². The zero-order valence-electron chi connectivity index (χ0n) is 10.4. The van der Waals surface area contributed by atoms with Crippen LogP contribution in [-0.2, 0) is 20.6 Å². The third-order valence-electron chi connectivity index (χ3n) is 2.99. The van der Waals surface area contributed by atoms with E-state index < -0.39 is 0 Å². The lowest BCUT2D eigenvalue weighted by atomic mass is 10.2. The van der Waals surface area contributed by atoms with Gasteiger partial charge in [0.15, 0.2) is 5.65 Å². The average molecular weight is 279 g/mol. The van der Waals surface area contributed by atoms with E-state index in [1.807, 2.05) is 6.07 Å². The maximum atomic E-state index is 11.6. The van der Waals surface area contributed by atoms with E-state index in [-0.39, 0.29) is 5.69 Å². The molecule has 0 aromatic carbocycles. The number of hydrogen-bond acceptors (Lipinski definition) is 4. The lowest BCUT2D eigenvalue weighted by Gasteiger charge is -2.07. The van der Waals surface area contributed by atoms with Crippen LogP contribution in [0.3, 0.4) is 0 Å². The van der Waals surface area contributed by atoms with Gasteiger partial charge in [-0.2, -0.15) is 10.1 Å². The van der Waals surface area contributed by atoms with Gasteiger partial charge in [-0.25, -0.2) is 14.5 Å². The Morgan fingerprint density at radius 3 is 2.84 bits per heavy atom. The molecule has 19 heavy (non-hydrogen) atoms. The zero-order valence-corrected chi connectivity index (χ0v) is 11.2. The van der Waals surface area contributed by atoms with Crippen LogP contribution in [0.5, 0.6) is 0 Å². The van der Waals surface area contributed by atoms with Gasteiger partial charge in [-0.1, -0.05) is 11.6 Å². The van der Waals surface area contributed by atoms with Gasteiger partial charge in [-0.3, -0.25) is 9.36 Å². The summed E-state index contributed by atoms with van der Waals surface area (Å²) in [5, 5.41) is 5.37. The Morgan fingerprint density at radius 1 is 1.37 bits per heavy atom. The first-order chi connectivity index (χ1) is 9.06. The van der Waals surface area contributed by atoms with Gasteiger partial charge in [0.25, 0.3) is 0 Å². The second-order valence-electron chi connectivity index (χ2n) is 4.28. The van der Waals surface area contributed by atoms with Crippen LogP contribution in [-0.4, -0.2) is 29.1 Å². The largest absolute Gasteiger partial charge is 0.364 e. The summed E-state index contributed by atoms with van der Waals surface area (Å²) in [5.41, 5.74) is 1.16. The van der Waals surface area contributed by atoms with Gasteiger partial charge in [-0.05, 0) is 6.07 Å². The maximum absolute atomic E-state index is 11.6. The predicted molar refractivity (Wildman–Crippen MR) is 70.1 cm³/mol. The molecule has 0 bridgehead atoms. The lowest BCUT2D eigenvalue weighted by molar-refractivity contribution is 0.534. The minimum Gasteiger partial charge on any atom is -0.273 e. The molecule has 0 saturated carbocycles. The molecule has 8 heteroatoms. The highest BCUT2D eigenvalue weighted by molar-refractivity contribution is 6.30. The molecule has 0 aliphatic carbocycles. The second kappa shape index (κ2) is 4.20. The summed E-state index contributed by atoms with van der Waals surface area (Å²) in [6.45, 7) is 0.325. The van der Waals surface area contributed by atoms with Crippen molar-refractivity contribution in [2.45, 2.75) is 6.54 Å². The highest BCUT2D eigenvalue weighted by Gasteiger charge is 2.11. The van der Waals surface area contributed by atoms with Gasteiger partial charge < -0.3 is 0 Å². The first-order valence-electron chi connectivity index (χ1n) is 5.62. The van der Waals surface area contributed by atoms with Crippen LogP contribution in [0.25, 0.3) is 11.0 Å². The van der Waals surface area contributed by atoms with Crippen LogP contribution in [0.4, 0.5) is 0 Å². The molecular weight excluding hydrogens is 268 g/mol. The van der Waals surface area contributed by atoms with Gasteiger partial charge >= 0.3 is 5.69 Å². The Kier molecular flexibility index (Phi) is 2.63. The molecule has 0 atom stereocenters. The molecule has 0 saturated heterocycles. The molecular formula is C11H11ClN6O. The fraction of sp³-hybridized carbons (Fsp3) is 0.273. The Bertz CT molecular complexity index is 814. The topological polar surface area (TPSA) is 70.5 Å². The molecule has 0 radical (unpaired) electrons. The molecule has 0 unspecified atom stereocenters. The van der Waals surface area contributed by atoms with Gasteiger partial charge in [0.1, 0.15) is 11.5 Å². The zero-order chi connectivity index (χ0) is 13.6. The van der Waals surface area contributed by atoms with Gasteiger partial charge in [0.05, 0.1) is 12.7 Å². The SMILES string of the molecule is Cn1ncc2cc(Cn3c(=O)ncn3C)c(Cl)nc21. The van der Waals surface area contributed by atoms with Crippen LogP contribution >= 0.6 is 11.6 Å². The molecule has 3 aromatic rings. The van der Waals surface area contributed by atoms with Crippen molar-refractivity contribution in [2.24, 2.45) is 14.1 Å². The number of aromatic nitrogens is 6. The molecule has 0 aliphatic heterocycles. The van der Waals surface area contributed by atoms with E-state index in [1.54, 1.807) is 29.7 Å². The van der Waals surface area contributed by atoms with Crippen molar-refractivity contribution in [1.82, 2.24) is 29.1 Å². The number of pyridine rings is 1. The van der Waals surface area contributed by atoms with E-state index in [1.165, 1.54) is 11.0 Å². The van der Waals surface area contributed by atoms with Gasteiger partial charge in [-0.15, -0.1) is 0 Å². The third-order valence-corrected chi connectivity index (χ3v) is 3.32. The van der Waals surface area contributed by atoms with Crippen LogP contribution < -0.4 is 5.69 Å². The van der Waals surface area contributed by atoms with Crippen molar-refractivity contribution in [1.29, 1.82) is 0 Å². The predicted octanol–water partition coefficient (Wildman–Crippen LogP) is 0.565. The van der Waals surface area contributed by atoms with Gasteiger partial charge in [0.2, 0.25) is 0 Å². The monoisotopic (exact) mass is 278 g/mol. The summed E-state index contributed by atoms with van der Waals surface area (Å²) < 4.78 is 4.75.